The maximum atomic E-state index is 13.0. The maximum absolute atomic E-state index is 13.0. The van der Waals surface area contributed by atoms with Crippen molar-refractivity contribution in [1.29, 1.82) is 0 Å². The van der Waals surface area contributed by atoms with Crippen LogP contribution in [0.2, 0.25) is 10.0 Å². The Morgan fingerprint density at radius 1 is 0.800 bits per heavy atom. The summed E-state index contributed by atoms with van der Waals surface area (Å²) in [6, 6.07) is 33.3. The van der Waals surface area contributed by atoms with E-state index < -0.39 is 0 Å². The standard InChI is InChI=1S/C41H39Cl2N3O4/c1-30-6-14-35(15-7-30)48-25-20-31-8-10-33(11-9-31)28-45-21-23-46(24-22-45)41(47)19-13-32-12-17-39(38(43)26-32)50-40-18-16-36(27-44-40)49-29-34-4-2-3-5-37(34)42/h2-19,26-27H,20-25,28-29H2,1H3/b19-13+. The number of amides is 1. The molecule has 0 saturated carbocycles. The minimum atomic E-state index is -0.0145. The molecule has 9 heteroatoms. The molecule has 5 aromatic rings. The molecule has 0 bridgehead atoms. The molecule has 0 unspecified atom stereocenters. The fourth-order valence-electron chi connectivity index (χ4n) is 5.50. The molecule has 6 rings (SSSR count). The second kappa shape index (κ2) is 17.2. The van der Waals surface area contributed by atoms with Crippen molar-refractivity contribution >= 4 is 35.2 Å². The van der Waals surface area contributed by atoms with Crippen molar-refractivity contribution in [2.24, 2.45) is 0 Å². The molecule has 1 aromatic heterocycles. The maximum Gasteiger partial charge on any atom is 0.246 e. The Morgan fingerprint density at radius 2 is 1.54 bits per heavy atom. The zero-order chi connectivity index (χ0) is 34.7. The van der Waals surface area contributed by atoms with Gasteiger partial charge in [-0.3, -0.25) is 9.69 Å². The minimum Gasteiger partial charge on any atom is -0.493 e. The van der Waals surface area contributed by atoms with Crippen LogP contribution in [0.15, 0.2) is 115 Å². The Kier molecular flexibility index (Phi) is 12.1. The van der Waals surface area contributed by atoms with Crippen molar-refractivity contribution in [2.75, 3.05) is 32.8 Å². The van der Waals surface area contributed by atoms with Crippen LogP contribution >= 0.6 is 23.2 Å². The van der Waals surface area contributed by atoms with Crippen LogP contribution in [-0.4, -0.2) is 53.5 Å². The topological polar surface area (TPSA) is 64.1 Å². The molecule has 7 nitrogen and oxygen atoms in total. The lowest BCUT2D eigenvalue weighted by Gasteiger charge is -2.34. The fourth-order valence-corrected chi connectivity index (χ4v) is 5.91. The van der Waals surface area contributed by atoms with Gasteiger partial charge in [-0.2, -0.15) is 0 Å². The van der Waals surface area contributed by atoms with Gasteiger partial charge < -0.3 is 19.1 Å². The molecule has 2 heterocycles. The van der Waals surface area contributed by atoms with E-state index in [4.69, 9.17) is 37.4 Å². The van der Waals surface area contributed by atoms with Crippen molar-refractivity contribution < 1.29 is 19.0 Å². The van der Waals surface area contributed by atoms with Gasteiger partial charge in [0.1, 0.15) is 23.9 Å². The van der Waals surface area contributed by atoms with Crippen LogP contribution in [0, 0.1) is 6.92 Å². The van der Waals surface area contributed by atoms with Gasteiger partial charge in [-0.25, -0.2) is 4.98 Å². The number of aryl methyl sites for hydroxylation is 1. The molecule has 0 spiro atoms. The second-order valence-corrected chi connectivity index (χ2v) is 13.0. The molecule has 1 saturated heterocycles. The van der Waals surface area contributed by atoms with E-state index in [1.54, 1.807) is 42.6 Å². The lowest BCUT2D eigenvalue weighted by Crippen LogP contribution is -2.47. The highest BCUT2D eigenvalue weighted by Crippen LogP contribution is 2.30. The van der Waals surface area contributed by atoms with Crippen LogP contribution in [0.1, 0.15) is 27.8 Å². The van der Waals surface area contributed by atoms with E-state index in [1.165, 1.54) is 16.7 Å². The van der Waals surface area contributed by atoms with Crippen molar-refractivity contribution in [3.63, 3.8) is 0 Å². The van der Waals surface area contributed by atoms with Crippen LogP contribution in [0.25, 0.3) is 6.08 Å². The first kappa shape index (κ1) is 35.0. The number of hydrogen-bond acceptors (Lipinski definition) is 6. The van der Waals surface area contributed by atoms with E-state index >= 15 is 0 Å². The molecule has 0 radical (unpaired) electrons. The number of hydrogen-bond donors (Lipinski definition) is 0. The normalized spacial score (nSPS) is 13.4. The molecule has 1 aliphatic heterocycles. The van der Waals surface area contributed by atoms with Crippen molar-refractivity contribution in [1.82, 2.24) is 14.8 Å². The first-order chi connectivity index (χ1) is 24.4. The number of carbonyl (C=O) groups excluding carboxylic acids is 1. The van der Waals surface area contributed by atoms with E-state index in [-0.39, 0.29) is 5.91 Å². The molecular weight excluding hydrogens is 669 g/mol. The van der Waals surface area contributed by atoms with Crippen molar-refractivity contribution in [3.05, 3.63) is 153 Å². The number of ether oxygens (including phenoxy) is 3. The smallest absolute Gasteiger partial charge is 0.246 e. The average Bonchev–Trinajstić information content (AvgIpc) is 3.14. The lowest BCUT2D eigenvalue weighted by molar-refractivity contribution is -0.127. The number of rotatable bonds is 13. The van der Waals surface area contributed by atoms with Crippen molar-refractivity contribution in [2.45, 2.75) is 26.5 Å². The summed E-state index contributed by atoms with van der Waals surface area (Å²) < 4.78 is 17.5. The number of carbonyl (C=O) groups is 1. The zero-order valence-electron chi connectivity index (χ0n) is 27.9. The molecule has 1 amide bonds. The van der Waals surface area contributed by atoms with Gasteiger partial charge in [-0.05, 0) is 66.1 Å². The first-order valence-electron chi connectivity index (χ1n) is 16.6. The third kappa shape index (κ3) is 10.1. The largest absolute Gasteiger partial charge is 0.493 e. The summed E-state index contributed by atoms with van der Waals surface area (Å²) in [5.74, 6) is 2.33. The fraction of sp³-hybridized carbons (Fsp3) is 0.220. The molecule has 1 aliphatic rings. The van der Waals surface area contributed by atoms with Crippen LogP contribution in [0.5, 0.6) is 23.1 Å². The van der Waals surface area contributed by atoms with Crippen LogP contribution in [-0.2, 0) is 24.4 Å². The summed E-state index contributed by atoms with van der Waals surface area (Å²) in [5, 5.41) is 1.07. The average molecular weight is 709 g/mol. The monoisotopic (exact) mass is 707 g/mol. The Labute approximate surface area is 303 Å². The summed E-state index contributed by atoms with van der Waals surface area (Å²) in [4.78, 5) is 21.6. The minimum absolute atomic E-state index is 0.0145. The number of benzene rings is 4. The molecule has 4 aromatic carbocycles. The molecule has 256 valence electrons. The van der Waals surface area contributed by atoms with Gasteiger partial charge >= 0.3 is 0 Å². The quantitative estimate of drug-likeness (QED) is 0.114. The van der Waals surface area contributed by atoms with E-state index in [0.29, 0.717) is 53.7 Å². The highest BCUT2D eigenvalue weighted by atomic mass is 35.5. The van der Waals surface area contributed by atoms with Gasteiger partial charge in [-0.1, -0.05) is 89.4 Å². The van der Waals surface area contributed by atoms with E-state index in [0.717, 1.165) is 42.9 Å². The predicted molar refractivity (Wildman–Crippen MR) is 199 cm³/mol. The Bertz CT molecular complexity index is 1890. The number of nitrogens with zero attached hydrogens (tertiary/aromatic N) is 3. The summed E-state index contributed by atoms with van der Waals surface area (Å²) in [6.07, 6.45) is 5.83. The Balaban J connectivity index is 0.914. The van der Waals surface area contributed by atoms with Gasteiger partial charge in [0.2, 0.25) is 11.8 Å². The Hall–Kier alpha value is -4.82. The lowest BCUT2D eigenvalue weighted by atomic mass is 10.1. The number of halogens is 2. The van der Waals surface area contributed by atoms with Crippen LogP contribution < -0.4 is 14.2 Å². The zero-order valence-corrected chi connectivity index (χ0v) is 29.4. The third-order valence-corrected chi connectivity index (χ3v) is 9.11. The molecule has 0 atom stereocenters. The number of pyridine rings is 1. The molecular formula is C41H39Cl2N3O4. The molecule has 0 aliphatic carbocycles. The van der Waals surface area contributed by atoms with Gasteiger partial charge in [-0.15, -0.1) is 0 Å². The van der Waals surface area contributed by atoms with Gasteiger partial charge in [0.05, 0.1) is 17.8 Å². The van der Waals surface area contributed by atoms with Gasteiger partial charge in [0.25, 0.3) is 0 Å². The van der Waals surface area contributed by atoms with Crippen molar-refractivity contribution in [3.8, 4) is 23.1 Å². The molecule has 1 fully saturated rings. The highest BCUT2D eigenvalue weighted by Gasteiger charge is 2.19. The summed E-state index contributed by atoms with van der Waals surface area (Å²) >= 11 is 12.7. The van der Waals surface area contributed by atoms with Gasteiger partial charge in [0, 0.05) is 61.9 Å². The first-order valence-corrected chi connectivity index (χ1v) is 17.4. The predicted octanol–water partition coefficient (Wildman–Crippen LogP) is 9.05. The Morgan fingerprint density at radius 3 is 2.26 bits per heavy atom. The SMILES string of the molecule is Cc1ccc(OCCc2ccc(CN3CCN(C(=O)/C=C/c4ccc(Oc5ccc(OCc6ccccc6Cl)cn5)c(Cl)c4)CC3)cc2)cc1. The summed E-state index contributed by atoms with van der Waals surface area (Å²) in [7, 11) is 0. The highest BCUT2D eigenvalue weighted by molar-refractivity contribution is 6.32. The van der Waals surface area contributed by atoms with Crippen LogP contribution in [0.3, 0.4) is 0 Å². The second-order valence-electron chi connectivity index (χ2n) is 12.2. The molecule has 50 heavy (non-hydrogen) atoms. The molecule has 0 N–H and O–H groups in total. The summed E-state index contributed by atoms with van der Waals surface area (Å²) in [6.45, 7) is 6.94. The van der Waals surface area contributed by atoms with Crippen LogP contribution in [0.4, 0.5) is 0 Å². The van der Waals surface area contributed by atoms with E-state index in [9.17, 15) is 4.79 Å². The van der Waals surface area contributed by atoms with E-state index in [2.05, 4.69) is 53.2 Å². The van der Waals surface area contributed by atoms with Gasteiger partial charge in [0.15, 0.2) is 0 Å². The number of piperazine rings is 1. The third-order valence-electron chi connectivity index (χ3n) is 8.44. The van der Waals surface area contributed by atoms with E-state index in [1.807, 2.05) is 47.4 Å². The summed E-state index contributed by atoms with van der Waals surface area (Å²) in [5.41, 5.74) is 5.44. The number of aromatic nitrogens is 1.